The monoisotopic (exact) mass is 379 g/mol. The van der Waals surface area contributed by atoms with Crippen LogP contribution in [0, 0.1) is 0 Å². The minimum atomic E-state index is -3.67. The van der Waals surface area contributed by atoms with Crippen molar-refractivity contribution >= 4 is 15.8 Å². The van der Waals surface area contributed by atoms with Crippen LogP contribution in [0.15, 0.2) is 83.8 Å². The fourth-order valence-electron chi connectivity index (χ4n) is 2.83. The van der Waals surface area contributed by atoms with E-state index in [4.69, 9.17) is 0 Å². The molecular formula is C22H21NO3S. The average Bonchev–Trinajstić information content (AvgIpc) is 2.68. The number of nitrogens with one attached hydrogen (secondary N) is 1. The molecule has 3 aromatic rings. The number of carbonyl (C=O) groups excluding carboxylic acids is 1. The van der Waals surface area contributed by atoms with Crippen molar-refractivity contribution in [2.24, 2.45) is 0 Å². The Hall–Kier alpha value is -2.76. The smallest absolute Gasteiger partial charge is 0.241 e. The van der Waals surface area contributed by atoms with E-state index in [1.165, 1.54) is 31.2 Å². The molecule has 0 aliphatic heterocycles. The van der Waals surface area contributed by atoms with Crippen molar-refractivity contribution in [1.29, 1.82) is 0 Å². The maximum absolute atomic E-state index is 12.6. The molecule has 1 unspecified atom stereocenters. The lowest BCUT2D eigenvalue weighted by Gasteiger charge is -2.15. The van der Waals surface area contributed by atoms with Gasteiger partial charge < -0.3 is 0 Å². The van der Waals surface area contributed by atoms with Crippen LogP contribution in [0.5, 0.6) is 0 Å². The molecule has 5 heteroatoms. The van der Waals surface area contributed by atoms with Gasteiger partial charge in [-0.15, -0.1) is 0 Å². The van der Waals surface area contributed by atoms with Crippen molar-refractivity contribution < 1.29 is 13.2 Å². The van der Waals surface area contributed by atoms with Crippen LogP contribution < -0.4 is 4.72 Å². The molecule has 0 radical (unpaired) electrons. The Morgan fingerprint density at radius 3 is 1.93 bits per heavy atom. The molecule has 0 fully saturated rings. The van der Waals surface area contributed by atoms with E-state index in [1.807, 2.05) is 54.6 Å². The zero-order chi connectivity index (χ0) is 19.4. The number of hydrogen-bond acceptors (Lipinski definition) is 3. The van der Waals surface area contributed by atoms with Crippen molar-refractivity contribution in [1.82, 2.24) is 4.72 Å². The average molecular weight is 379 g/mol. The summed E-state index contributed by atoms with van der Waals surface area (Å²) < 4.78 is 27.9. The van der Waals surface area contributed by atoms with E-state index in [0.717, 1.165) is 16.7 Å². The first-order chi connectivity index (χ1) is 12.9. The molecule has 1 atom stereocenters. The van der Waals surface area contributed by atoms with Crippen LogP contribution >= 0.6 is 0 Å². The number of ketones is 1. The third-order valence-corrected chi connectivity index (χ3v) is 5.98. The summed E-state index contributed by atoms with van der Waals surface area (Å²) in [5.41, 5.74) is 3.55. The highest BCUT2D eigenvalue weighted by Crippen LogP contribution is 2.23. The zero-order valence-electron chi connectivity index (χ0n) is 15.2. The highest BCUT2D eigenvalue weighted by molar-refractivity contribution is 7.89. The van der Waals surface area contributed by atoms with Crippen LogP contribution in [0.3, 0.4) is 0 Å². The van der Waals surface area contributed by atoms with Crippen LogP contribution in [0.4, 0.5) is 0 Å². The Balaban J connectivity index is 1.75. The molecule has 0 saturated carbocycles. The summed E-state index contributed by atoms with van der Waals surface area (Å²) in [4.78, 5) is 11.5. The van der Waals surface area contributed by atoms with E-state index in [9.17, 15) is 13.2 Å². The molecule has 0 aliphatic carbocycles. The first-order valence-corrected chi connectivity index (χ1v) is 10.1. The van der Waals surface area contributed by atoms with Gasteiger partial charge in [0.25, 0.3) is 0 Å². The Kier molecular flexibility index (Phi) is 5.54. The van der Waals surface area contributed by atoms with Crippen LogP contribution in [0.2, 0.25) is 0 Å². The van der Waals surface area contributed by atoms with Gasteiger partial charge in [-0.25, -0.2) is 13.1 Å². The molecule has 0 amide bonds. The lowest BCUT2D eigenvalue weighted by molar-refractivity contribution is 0.101. The molecule has 1 N–H and O–H groups in total. The van der Waals surface area contributed by atoms with Gasteiger partial charge >= 0.3 is 0 Å². The molecule has 0 heterocycles. The fraction of sp³-hybridized carbons (Fsp3) is 0.136. The van der Waals surface area contributed by atoms with Crippen molar-refractivity contribution in [2.75, 3.05) is 0 Å². The van der Waals surface area contributed by atoms with Crippen molar-refractivity contribution in [3.8, 4) is 11.1 Å². The van der Waals surface area contributed by atoms with E-state index in [1.54, 1.807) is 6.92 Å². The summed E-state index contributed by atoms with van der Waals surface area (Å²) in [7, 11) is -3.67. The molecular weight excluding hydrogens is 358 g/mol. The molecule has 0 spiro atoms. The van der Waals surface area contributed by atoms with E-state index >= 15 is 0 Å². The predicted octanol–water partition coefficient (Wildman–Crippen LogP) is 4.60. The largest absolute Gasteiger partial charge is 0.295 e. The van der Waals surface area contributed by atoms with Crippen molar-refractivity contribution in [3.05, 3.63) is 90.0 Å². The second-order valence-electron chi connectivity index (χ2n) is 6.41. The van der Waals surface area contributed by atoms with Gasteiger partial charge in [0, 0.05) is 11.6 Å². The van der Waals surface area contributed by atoms with E-state index < -0.39 is 10.0 Å². The normalized spacial score (nSPS) is 12.5. The lowest BCUT2D eigenvalue weighted by atomic mass is 10.0. The highest BCUT2D eigenvalue weighted by Gasteiger charge is 2.18. The number of benzene rings is 3. The molecule has 138 valence electrons. The number of carbonyl (C=O) groups is 1. The molecule has 4 nitrogen and oxygen atoms in total. The minimum absolute atomic E-state index is 0.0984. The third kappa shape index (κ3) is 4.51. The second kappa shape index (κ2) is 7.86. The SMILES string of the molecule is CC(=O)c1ccc(S(=O)(=O)NC(C)c2ccc(-c3ccccc3)cc2)cc1. The summed E-state index contributed by atoms with van der Waals surface area (Å²) in [5.74, 6) is -0.0984. The fourth-order valence-corrected chi connectivity index (χ4v) is 4.06. The van der Waals surface area contributed by atoms with Gasteiger partial charge in [-0.2, -0.15) is 0 Å². The summed E-state index contributed by atoms with van der Waals surface area (Å²) >= 11 is 0. The standard InChI is InChI=1S/C22H21NO3S/c1-16(18-8-10-21(11-9-18)20-6-4-3-5-7-20)23-27(25,26)22-14-12-19(13-15-22)17(2)24/h3-16,23H,1-2H3. The summed E-state index contributed by atoms with van der Waals surface area (Å²) in [6.07, 6.45) is 0. The number of sulfonamides is 1. The summed E-state index contributed by atoms with van der Waals surface area (Å²) in [6.45, 7) is 3.25. The van der Waals surface area contributed by atoms with E-state index in [0.29, 0.717) is 5.56 Å². The van der Waals surface area contributed by atoms with Crippen LogP contribution in [0.25, 0.3) is 11.1 Å². The van der Waals surface area contributed by atoms with Gasteiger partial charge in [-0.3, -0.25) is 4.79 Å². The van der Waals surface area contributed by atoms with Crippen molar-refractivity contribution in [2.45, 2.75) is 24.8 Å². The molecule has 3 aromatic carbocycles. The minimum Gasteiger partial charge on any atom is -0.295 e. The number of hydrogen-bond donors (Lipinski definition) is 1. The summed E-state index contributed by atoms with van der Waals surface area (Å²) in [6, 6.07) is 23.4. The maximum Gasteiger partial charge on any atom is 0.241 e. The predicted molar refractivity (Wildman–Crippen MR) is 107 cm³/mol. The number of Topliss-reactive ketones (excluding diaryl/α,β-unsaturated/α-hetero) is 1. The van der Waals surface area contributed by atoms with Gasteiger partial charge in [0.2, 0.25) is 10.0 Å². The Labute approximate surface area is 159 Å². The zero-order valence-corrected chi connectivity index (χ0v) is 16.0. The third-order valence-electron chi connectivity index (χ3n) is 4.42. The second-order valence-corrected chi connectivity index (χ2v) is 8.13. The van der Waals surface area contributed by atoms with Gasteiger partial charge in [-0.05, 0) is 42.7 Å². The van der Waals surface area contributed by atoms with E-state index in [2.05, 4.69) is 4.72 Å². The Morgan fingerprint density at radius 2 is 1.37 bits per heavy atom. The first kappa shape index (κ1) is 19.0. The Morgan fingerprint density at radius 1 is 0.815 bits per heavy atom. The lowest BCUT2D eigenvalue weighted by Crippen LogP contribution is -2.26. The quantitative estimate of drug-likeness (QED) is 0.637. The molecule has 0 aromatic heterocycles. The highest BCUT2D eigenvalue weighted by atomic mass is 32.2. The van der Waals surface area contributed by atoms with Crippen LogP contribution in [0.1, 0.15) is 35.8 Å². The van der Waals surface area contributed by atoms with Crippen LogP contribution in [-0.2, 0) is 10.0 Å². The molecule has 27 heavy (non-hydrogen) atoms. The van der Waals surface area contributed by atoms with Gasteiger partial charge in [-0.1, -0.05) is 66.7 Å². The summed E-state index contributed by atoms with van der Waals surface area (Å²) in [5, 5.41) is 0. The Bertz CT molecular complexity index is 1030. The molecule has 0 saturated heterocycles. The van der Waals surface area contributed by atoms with Crippen molar-refractivity contribution in [3.63, 3.8) is 0 Å². The van der Waals surface area contributed by atoms with Gasteiger partial charge in [0.1, 0.15) is 0 Å². The number of rotatable bonds is 6. The molecule has 3 rings (SSSR count). The van der Waals surface area contributed by atoms with E-state index in [-0.39, 0.29) is 16.7 Å². The van der Waals surface area contributed by atoms with Crippen LogP contribution in [-0.4, -0.2) is 14.2 Å². The maximum atomic E-state index is 12.6. The topological polar surface area (TPSA) is 63.2 Å². The first-order valence-electron chi connectivity index (χ1n) is 8.65. The van der Waals surface area contributed by atoms with Gasteiger partial charge in [0.15, 0.2) is 5.78 Å². The molecule has 0 bridgehead atoms. The molecule has 0 aliphatic rings. The van der Waals surface area contributed by atoms with Gasteiger partial charge in [0.05, 0.1) is 4.90 Å².